The number of carbonyl (C=O) groups excluding carboxylic acids is 1. The van der Waals surface area contributed by atoms with E-state index < -0.39 is 11.7 Å². The number of hydrogen-bond donors (Lipinski definition) is 0. The van der Waals surface area contributed by atoms with Crippen LogP contribution in [-0.2, 0) is 23.9 Å². The summed E-state index contributed by atoms with van der Waals surface area (Å²) in [7, 11) is 0. The maximum Gasteiger partial charge on any atom is 0.416 e. The van der Waals surface area contributed by atoms with Crippen molar-refractivity contribution in [2.75, 3.05) is 0 Å². The molecule has 0 saturated heterocycles. The molecular formula is C20H18F3NOS. The van der Waals surface area contributed by atoms with Gasteiger partial charge in [-0.1, -0.05) is 30.3 Å². The molecule has 1 atom stereocenters. The highest BCUT2D eigenvalue weighted by Crippen LogP contribution is 2.40. The third-order valence-corrected chi connectivity index (χ3v) is 6.13. The summed E-state index contributed by atoms with van der Waals surface area (Å²) < 4.78 is 38.1. The van der Waals surface area contributed by atoms with Gasteiger partial charge in [0.05, 0.1) is 10.8 Å². The summed E-state index contributed by atoms with van der Waals surface area (Å²) in [5.41, 5.74) is 1.27. The van der Waals surface area contributed by atoms with Crippen LogP contribution in [0, 0.1) is 0 Å². The first kappa shape index (κ1) is 17.5. The smallest absolute Gasteiger partial charge is 0.334 e. The molecule has 6 heteroatoms. The molecule has 1 aliphatic heterocycles. The first-order valence-corrected chi connectivity index (χ1v) is 9.51. The van der Waals surface area contributed by atoms with Gasteiger partial charge in [-0.2, -0.15) is 13.2 Å². The Morgan fingerprint density at radius 2 is 1.77 bits per heavy atom. The van der Waals surface area contributed by atoms with E-state index in [-0.39, 0.29) is 17.2 Å². The van der Waals surface area contributed by atoms with Crippen molar-refractivity contribution in [1.82, 2.24) is 4.90 Å². The quantitative estimate of drug-likeness (QED) is 0.754. The molecule has 2 aromatic carbocycles. The van der Waals surface area contributed by atoms with Crippen LogP contribution in [0.25, 0.3) is 0 Å². The average Bonchev–Trinajstić information content (AvgIpc) is 3.36. The number of hydrogen-bond acceptors (Lipinski definition) is 2. The lowest BCUT2D eigenvalue weighted by atomic mass is 10.1. The van der Waals surface area contributed by atoms with E-state index >= 15 is 0 Å². The minimum Gasteiger partial charge on any atom is -0.334 e. The second kappa shape index (κ2) is 6.65. The molecule has 2 nitrogen and oxygen atoms in total. The molecule has 26 heavy (non-hydrogen) atoms. The zero-order chi connectivity index (χ0) is 18.3. The third-order valence-electron chi connectivity index (χ3n) is 4.83. The van der Waals surface area contributed by atoms with Gasteiger partial charge in [0.2, 0.25) is 5.91 Å². The van der Waals surface area contributed by atoms with Crippen molar-refractivity contribution in [3.05, 3.63) is 65.2 Å². The minimum atomic E-state index is -4.34. The molecule has 1 amide bonds. The largest absolute Gasteiger partial charge is 0.416 e. The first-order chi connectivity index (χ1) is 12.4. The fraction of sp³-hybridized carbons (Fsp3) is 0.350. The summed E-state index contributed by atoms with van der Waals surface area (Å²) in [4.78, 5) is 16.1. The maximum atomic E-state index is 13.1. The molecule has 0 bridgehead atoms. The number of alkyl halides is 3. The summed E-state index contributed by atoms with van der Waals surface area (Å²) in [6.45, 7) is 0.370. The molecule has 1 aliphatic carbocycles. The molecule has 4 rings (SSSR count). The summed E-state index contributed by atoms with van der Waals surface area (Å²) in [6.07, 6.45) is -1.68. The second-order valence-electron chi connectivity index (χ2n) is 6.81. The van der Waals surface area contributed by atoms with Crippen LogP contribution in [-0.4, -0.2) is 22.1 Å². The Balaban J connectivity index is 1.48. The van der Waals surface area contributed by atoms with Crippen LogP contribution in [0.4, 0.5) is 13.2 Å². The summed E-state index contributed by atoms with van der Waals surface area (Å²) >= 11 is 1.59. The van der Waals surface area contributed by atoms with Crippen LogP contribution < -0.4 is 0 Å². The molecular weight excluding hydrogens is 359 g/mol. The van der Waals surface area contributed by atoms with Crippen LogP contribution in [0.1, 0.15) is 29.5 Å². The van der Waals surface area contributed by atoms with Gasteiger partial charge < -0.3 is 4.90 Å². The Hall–Kier alpha value is -1.95. The standard InChI is InChI=1S/C20H18F3NOS/c21-20(22,23)15-7-5-13(6-8-15)12-24(16-9-10-16)19(25)18-11-14-3-1-2-4-17(14)26-18/h1-8,16,18H,9-12H2/t18-/m1/s1. The number of amides is 1. The van der Waals surface area contributed by atoms with Crippen molar-refractivity contribution in [1.29, 1.82) is 0 Å². The highest BCUT2D eigenvalue weighted by atomic mass is 32.2. The van der Waals surface area contributed by atoms with Gasteiger partial charge in [-0.15, -0.1) is 11.8 Å². The van der Waals surface area contributed by atoms with E-state index in [1.165, 1.54) is 17.7 Å². The van der Waals surface area contributed by atoms with E-state index in [0.29, 0.717) is 6.54 Å². The maximum absolute atomic E-state index is 13.1. The van der Waals surface area contributed by atoms with E-state index in [9.17, 15) is 18.0 Å². The van der Waals surface area contributed by atoms with Crippen LogP contribution in [0.5, 0.6) is 0 Å². The average molecular weight is 377 g/mol. The summed E-state index contributed by atoms with van der Waals surface area (Å²) in [5.74, 6) is 0.0913. The molecule has 0 spiro atoms. The highest BCUT2D eigenvalue weighted by molar-refractivity contribution is 8.01. The number of halogens is 3. The number of nitrogens with zero attached hydrogens (tertiary/aromatic N) is 1. The zero-order valence-corrected chi connectivity index (χ0v) is 14.8. The summed E-state index contributed by atoms with van der Waals surface area (Å²) in [6, 6.07) is 13.4. The number of rotatable bonds is 4. The van der Waals surface area contributed by atoms with Crippen molar-refractivity contribution in [3.63, 3.8) is 0 Å². The van der Waals surface area contributed by atoms with Gasteiger partial charge in [-0.05, 0) is 48.6 Å². The molecule has 1 fully saturated rings. The van der Waals surface area contributed by atoms with Crippen molar-refractivity contribution >= 4 is 17.7 Å². The lowest BCUT2D eigenvalue weighted by molar-refractivity contribution is -0.137. The Bertz CT molecular complexity index is 790. The molecule has 2 aliphatic rings. The zero-order valence-electron chi connectivity index (χ0n) is 14.0. The number of benzene rings is 2. The van der Waals surface area contributed by atoms with Gasteiger partial charge >= 0.3 is 6.18 Å². The number of fused-ring (bicyclic) bond motifs is 1. The van der Waals surface area contributed by atoms with Crippen molar-refractivity contribution < 1.29 is 18.0 Å². The Morgan fingerprint density at radius 1 is 1.08 bits per heavy atom. The van der Waals surface area contributed by atoms with Crippen LogP contribution in [0.2, 0.25) is 0 Å². The fourth-order valence-corrected chi connectivity index (χ4v) is 4.54. The van der Waals surface area contributed by atoms with E-state index in [2.05, 4.69) is 0 Å². The SMILES string of the molecule is O=C([C@H]1Cc2ccccc2S1)N(Cc1ccc(C(F)(F)F)cc1)C1CC1. The lowest BCUT2D eigenvalue weighted by Crippen LogP contribution is -2.38. The minimum absolute atomic E-state index is 0.0913. The molecule has 0 aromatic heterocycles. The van der Waals surface area contributed by atoms with Gasteiger partial charge in [-0.3, -0.25) is 4.79 Å². The normalized spacial score (nSPS) is 19.3. The van der Waals surface area contributed by atoms with Gasteiger partial charge in [0.25, 0.3) is 0 Å². The topological polar surface area (TPSA) is 20.3 Å². The summed E-state index contributed by atoms with van der Waals surface area (Å²) in [5, 5.41) is -0.137. The van der Waals surface area contributed by atoms with Crippen molar-refractivity contribution in [2.45, 2.75) is 48.2 Å². The van der Waals surface area contributed by atoms with E-state index in [1.54, 1.807) is 11.8 Å². The number of thioether (sulfide) groups is 1. The predicted octanol–water partition coefficient (Wildman–Crippen LogP) is 4.91. The molecule has 1 saturated carbocycles. The van der Waals surface area contributed by atoms with Gasteiger partial charge in [-0.25, -0.2) is 0 Å². The molecule has 136 valence electrons. The second-order valence-corrected chi connectivity index (χ2v) is 8.05. The first-order valence-electron chi connectivity index (χ1n) is 8.63. The van der Waals surface area contributed by atoms with Crippen LogP contribution in [0.15, 0.2) is 53.4 Å². The van der Waals surface area contributed by atoms with E-state index in [4.69, 9.17) is 0 Å². The van der Waals surface area contributed by atoms with Gasteiger partial charge in [0.1, 0.15) is 0 Å². The molecule has 0 radical (unpaired) electrons. The van der Waals surface area contributed by atoms with E-state index in [0.717, 1.165) is 41.9 Å². The third kappa shape index (κ3) is 3.61. The monoisotopic (exact) mass is 377 g/mol. The molecule has 0 N–H and O–H groups in total. The van der Waals surface area contributed by atoms with Gasteiger partial charge in [0.15, 0.2) is 0 Å². The molecule has 0 unspecified atom stereocenters. The van der Waals surface area contributed by atoms with Crippen LogP contribution >= 0.6 is 11.8 Å². The lowest BCUT2D eigenvalue weighted by Gasteiger charge is -2.25. The predicted molar refractivity (Wildman–Crippen MR) is 94.8 cm³/mol. The molecule has 2 aromatic rings. The highest BCUT2D eigenvalue weighted by Gasteiger charge is 2.38. The Morgan fingerprint density at radius 3 is 2.38 bits per heavy atom. The Kier molecular flexibility index (Phi) is 4.47. The molecule has 1 heterocycles. The fourth-order valence-electron chi connectivity index (χ4n) is 3.27. The van der Waals surface area contributed by atoms with E-state index in [1.807, 2.05) is 29.2 Å². The Labute approximate surface area is 154 Å². The van der Waals surface area contributed by atoms with Crippen molar-refractivity contribution in [3.8, 4) is 0 Å². The van der Waals surface area contributed by atoms with Gasteiger partial charge in [0, 0.05) is 17.5 Å². The van der Waals surface area contributed by atoms with Crippen LogP contribution in [0.3, 0.4) is 0 Å². The van der Waals surface area contributed by atoms with Crippen molar-refractivity contribution in [2.24, 2.45) is 0 Å². The number of carbonyl (C=O) groups is 1.